The number of carboxylic acid groups (broad SMARTS) is 1. The summed E-state index contributed by atoms with van der Waals surface area (Å²) in [7, 11) is -3.58. The van der Waals surface area contributed by atoms with Gasteiger partial charge in [-0.2, -0.15) is 0 Å². The summed E-state index contributed by atoms with van der Waals surface area (Å²) >= 11 is 0. The molecule has 7 heteroatoms. The molecule has 0 saturated carbocycles. The molecule has 1 heterocycles. The number of nitrogens with zero attached hydrogens (tertiary/aromatic N) is 1. The monoisotopic (exact) mass is 389 g/mol. The van der Waals surface area contributed by atoms with Crippen LogP contribution >= 0.6 is 0 Å². The predicted octanol–water partition coefficient (Wildman–Crippen LogP) is 3.07. The third-order valence-corrected chi connectivity index (χ3v) is 6.53. The summed E-state index contributed by atoms with van der Waals surface area (Å²) in [4.78, 5) is 11.3. The van der Waals surface area contributed by atoms with Crippen LogP contribution in [0.25, 0.3) is 0 Å². The highest BCUT2D eigenvalue weighted by molar-refractivity contribution is 7.88. The number of rotatable bonds is 6. The summed E-state index contributed by atoms with van der Waals surface area (Å²) in [5.41, 5.74) is 1.49. The molecule has 6 nitrogen and oxygen atoms in total. The van der Waals surface area contributed by atoms with E-state index in [1.54, 1.807) is 18.2 Å². The standard InChI is InChI=1S/C20H23NO5S/c1-15-6-8-17(9-7-15)26-18-10-12-21(13-11-18)27(24,25)14-16-4-2-3-5-19(16)20(22)23/h2-9,18H,10-14H2,1H3,(H,22,23). The van der Waals surface area contributed by atoms with Crippen LogP contribution < -0.4 is 4.74 Å². The van der Waals surface area contributed by atoms with Crippen LogP contribution in [0.1, 0.15) is 34.3 Å². The Labute approximate surface area is 159 Å². The van der Waals surface area contributed by atoms with Crippen molar-refractivity contribution in [2.75, 3.05) is 13.1 Å². The molecule has 1 fully saturated rings. The van der Waals surface area contributed by atoms with Gasteiger partial charge in [0.25, 0.3) is 0 Å². The average Bonchev–Trinajstić information content (AvgIpc) is 2.64. The van der Waals surface area contributed by atoms with Gasteiger partial charge in [-0.05, 0) is 43.5 Å². The first kappa shape index (κ1) is 19.4. The van der Waals surface area contributed by atoms with E-state index in [1.807, 2.05) is 31.2 Å². The Morgan fingerprint density at radius 1 is 1.11 bits per heavy atom. The molecule has 27 heavy (non-hydrogen) atoms. The molecule has 0 atom stereocenters. The normalized spacial score (nSPS) is 16.2. The minimum atomic E-state index is -3.58. The van der Waals surface area contributed by atoms with Gasteiger partial charge in [0, 0.05) is 13.1 Å². The molecule has 2 aromatic rings. The predicted molar refractivity (Wildman–Crippen MR) is 102 cm³/mol. The van der Waals surface area contributed by atoms with Gasteiger partial charge in [-0.25, -0.2) is 17.5 Å². The van der Waals surface area contributed by atoms with Gasteiger partial charge >= 0.3 is 5.97 Å². The van der Waals surface area contributed by atoms with E-state index in [1.165, 1.54) is 10.4 Å². The summed E-state index contributed by atoms with van der Waals surface area (Å²) in [6, 6.07) is 14.0. The van der Waals surface area contributed by atoms with Crippen LogP contribution in [0.5, 0.6) is 5.75 Å². The lowest BCUT2D eigenvalue weighted by Gasteiger charge is -2.31. The van der Waals surface area contributed by atoms with E-state index in [-0.39, 0.29) is 17.4 Å². The number of piperidine rings is 1. The smallest absolute Gasteiger partial charge is 0.335 e. The molecule has 1 aliphatic rings. The number of sulfonamides is 1. The van der Waals surface area contributed by atoms with E-state index >= 15 is 0 Å². The zero-order chi connectivity index (χ0) is 19.4. The SMILES string of the molecule is Cc1ccc(OC2CCN(S(=O)(=O)Cc3ccccc3C(=O)O)CC2)cc1. The number of carboxylic acids is 1. The van der Waals surface area contributed by atoms with Crippen LogP contribution in [0.2, 0.25) is 0 Å². The number of carbonyl (C=O) groups is 1. The van der Waals surface area contributed by atoms with Gasteiger partial charge in [-0.3, -0.25) is 0 Å². The second kappa shape index (κ2) is 8.10. The van der Waals surface area contributed by atoms with E-state index in [2.05, 4.69) is 0 Å². The van der Waals surface area contributed by atoms with E-state index in [4.69, 9.17) is 4.74 Å². The Kier molecular flexibility index (Phi) is 5.82. The van der Waals surface area contributed by atoms with E-state index < -0.39 is 16.0 Å². The zero-order valence-corrected chi connectivity index (χ0v) is 16.0. The van der Waals surface area contributed by atoms with Crippen molar-refractivity contribution >= 4 is 16.0 Å². The second-order valence-corrected chi connectivity index (χ2v) is 8.72. The highest BCUT2D eigenvalue weighted by Gasteiger charge is 2.30. The maximum Gasteiger partial charge on any atom is 0.335 e. The maximum atomic E-state index is 12.7. The average molecular weight is 389 g/mol. The van der Waals surface area contributed by atoms with Crippen molar-refractivity contribution in [1.29, 1.82) is 0 Å². The van der Waals surface area contributed by atoms with Crippen LogP contribution in [0, 0.1) is 6.92 Å². The third kappa shape index (κ3) is 4.87. The number of ether oxygens (including phenoxy) is 1. The van der Waals surface area contributed by atoms with Gasteiger partial charge in [0.05, 0.1) is 11.3 Å². The fourth-order valence-corrected chi connectivity index (χ4v) is 4.77. The van der Waals surface area contributed by atoms with Gasteiger partial charge < -0.3 is 9.84 Å². The summed E-state index contributed by atoms with van der Waals surface area (Å²) in [5, 5.41) is 9.24. The van der Waals surface area contributed by atoms with Crippen LogP contribution in [0.3, 0.4) is 0 Å². The maximum absolute atomic E-state index is 12.7. The molecule has 0 spiro atoms. The molecule has 0 amide bonds. The lowest BCUT2D eigenvalue weighted by atomic mass is 10.1. The number of hydrogen-bond donors (Lipinski definition) is 1. The van der Waals surface area contributed by atoms with Crippen molar-refractivity contribution in [3.05, 3.63) is 65.2 Å². The van der Waals surface area contributed by atoms with Crippen LogP contribution in [0.15, 0.2) is 48.5 Å². The van der Waals surface area contributed by atoms with Gasteiger partial charge in [-0.1, -0.05) is 35.9 Å². The fraction of sp³-hybridized carbons (Fsp3) is 0.350. The Morgan fingerprint density at radius 3 is 2.37 bits per heavy atom. The Balaban J connectivity index is 1.61. The molecule has 1 saturated heterocycles. The minimum absolute atomic E-state index is 0.0227. The van der Waals surface area contributed by atoms with Crippen molar-refractivity contribution in [1.82, 2.24) is 4.31 Å². The Bertz CT molecular complexity index is 900. The highest BCUT2D eigenvalue weighted by Crippen LogP contribution is 2.23. The number of aryl methyl sites for hydroxylation is 1. The third-order valence-electron chi connectivity index (χ3n) is 4.70. The van der Waals surface area contributed by atoms with Crippen molar-refractivity contribution in [3.63, 3.8) is 0 Å². The quantitative estimate of drug-likeness (QED) is 0.821. The summed E-state index contributed by atoms with van der Waals surface area (Å²) in [5.74, 6) is -0.637. The second-order valence-electron chi connectivity index (χ2n) is 6.75. The highest BCUT2D eigenvalue weighted by atomic mass is 32.2. The van der Waals surface area contributed by atoms with Gasteiger partial charge in [0.15, 0.2) is 0 Å². The van der Waals surface area contributed by atoms with Crippen LogP contribution in [-0.4, -0.2) is 43.0 Å². The van der Waals surface area contributed by atoms with Crippen molar-refractivity contribution in [3.8, 4) is 5.75 Å². The van der Waals surface area contributed by atoms with Crippen molar-refractivity contribution < 1.29 is 23.1 Å². The molecule has 2 aromatic carbocycles. The minimum Gasteiger partial charge on any atom is -0.490 e. The first-order valence-corrected chi connectivity index (χ1v) is 10.5. The first-order valence-electron chi connectivity index (χ1n) is 8.87. The fourth-order valence-electron chi connectivity index (χ4n) is 3.18. The molecule has 3 rings (SSSR count). The lowest BCUT2D eigenvalue weighted by Crippen LogP contribution is -2.42. The summed E-state index contributed by atoms with van der Waals surface area (Å²) < 4.78 is 32.8. The molecule has 1 N–H and O–H groups in total. The Morgan fingerprint density at radius 2 is 1.74 bits per heavy atom. The molecule has 0 bridgehead atoms. The summed E-state index contributed by atoms with van der Waals surface area (Å²) in [6.07, 6.45) is 1.19. The lowest BCUT2D eigenvalue weighted by molar-refractivity contribution is 0.0696. The number of benzene rings is 2. The molecule has 1 aliphatic heterocycles. The zero-order valence-electron chi connectivity index (χ0n) is 15.2. The molecule has 0 unspecified atom stereocenters. The first-order chi connectivity index (χ1) is 12.8. The molecular weight excluding hydrogens is 366 g/mol. The Hall–Kier alpha value is -2.38. The molecule has 0 aromatic heterocycles. The topological polar surface area (TPSA) is 83.9 Å². The molecule has 144 valence electrons. The van der Waals surface area contributed by atoms with Gasteiger partial charge in [0.2, 0.25) is 10.0 Å². The van der Waals surface area contributed by atoms with Crippen molar-refractivity contribution in [2.45, 2.75) is 31.6 Å². The molecule has 0 aliphatic carbocycles. The van der Waals surface area contributed by atoms with E-state index in [0.717, 1.165) is 11.3 Å². The molecular formula is C20H23NO5S. The molecule has 0 radical (unpaired) electrons. The summed E-state index contributed by atoms with van der Waals surface area (Å²) in [6.45, 7) is 2.75. The van der Waals surface area contributed by atoms with Gasteiger partial charge in [0.1, 0.15) is 11.9 Å². The largest absolute Gasteiger partial charge is 0.490 e. The van der Waals surface area contributed by atoms with Crippen molar-refractivity contribution in [2.24, 2.45) is 0 Å². The number of hydrogen-bond acceptors (Lipinski definition) is 4. The van der Waals surface area contributed by atoms with Gasteiger partial charge in [-0.15, -0.1) is 0 Å². The van der Waals surface area contributed by atoms with E-state index in [9.17, 15) is 18.3 Å². The van der Waals surface area contributed by atoms with Crippen LogP contribution in [0.4, 0.5) is 0 Å². The number of aromatic carboxylic acids is 1. The van der Waals surface area contributed by atoms with E-state index in [0.29, 0.717) is 31.5 Å². The van der Waals surface area contributed by atoms with Crippen LogP contribution in [-0.2, 0) is 15.8 Å².